The number of rotatable bonds is 5. The van der Waals surface area contributed by atoms with Crippen molar-refractivity contribution in [1.29, 1.82) is 0 Å². The second kappa shape index (κ2) is 7.95. The quantitative estimate of drug-likeness (QED) is 0.811. The fourth-order valence-corrected chi connectivity index (χ4v) is 2.79. The second-order valence-corrected chi connectivity index (χ2v) is 7.90. The van der Waals surface area contributed by atoms with Gasteiger partial charge in [0.2, 0.25) is 11.8 Å². The van der Waals surface area contributed by atoms with Gasteiger partial charge in [-0.25, -0.2) is 0 Å². The molecule has 22 heavy (non-hydrogen) atoms. The zero-order valence-electron chi connectivity index (χ0n) is 15.0. The Morgan fingerprint density at radius 3 is 2.36 bits per heavy atom. The standard InChI is InChI=1S/C17H33N3O2/c1-12(2)14-9-15(19-16(22)17(4,5)6)11-20(10-14)8-7-18-13(3)21/h12,14-15H,7-11H2,1-6H3,(H,18,21)(H,19,22). The number of hydrogen-bond donors (Lipinski definition) is 2. The topological polar surface area (TPSA) is 61.4 Å². The van der Waals surface area contributed by atoms with E-state index in [2.05, 4.69) is 29.4 Å². The number of hydrogen-bond acceptors (Lipinski definition) is 3. The van der Waals surface area contributed by atoms with Gasteiger partial charge in [0.05, 0.1) is 0 Å². The Morgan fingerprint density at radius 2 is 1.86 bits per heavy atom. The molecule has 0 bridgehead atoms. The zero-order valence-corrected chi connectivity index (χ0v) is 15.0. The van der Waals surface area contributed by atoms with Gasteiger partial charge in [-0.1, -0.05) is 34.6 Å². The van der Waals surface area contributed by atoms with Gasteiger partial charge in [-0.15, -0.1) is 0 Å². The predicted molar refractivity (Wildman–Crippen MR) is 89.5 cm³/mol. The van der Waals surface area contributed by atoms with Crippen LogP contribution in [0.5, 0.6) is 0 Å². The molecule has 1 aliphatic heterocycles. The van der Waals surface area contributed by atoms with E-state index in [1.54, 1.807) is 6.92 Å². The van der Waals surface area contributed by atoms with Gasteiger partial charge < -0.3 is 10.6 Å². The summed E-state index contributed by atoms with van der Waals surface area (Å²) in [5.74, 6) is 1.30. The molecule has 0 radical (unpaired) electrons. The van der Waals surface area contributed by atoms with E-state index in [-0.39, 0.29) is 23.3 Å². The maximum Gasteiger partial charge on any atom is 0.225 e. The highest BCUT2D eigenvalue weighted by Gasteiger charge is 2.31. The van der Waals surface area contributed by atoms with Crippen molar-refractivity contribution in [2.24, 2.45) is 17.3 Å². The van der Waals surface area contributed by atoms with E-state index in [0.29, 0.717) is 18.4 Å². The van der Waals surface area contributed by atoms with Crippen LogP contribution in [-0.2, 0) is 9.59 Å². The molecule has 1 aliphatic rings. The average molecular weight is 311 g/mol. The van der Waals surface area contributed by atoms with E-state index >= 15 is 0 Å². The highest BCUT2D eigenvalue weighted by molar-refractivity contribution is 5.81. The minimum atomic E-state index is -0.355. The molecule has 0 aromatic heterocycles. The molecule has 0 aromatic carbocycles. The molecular formula is C17H33N3O2. The van der Waals surface area contributed by atoms with Crippen molar-refractivity contribution in [2.45, 2.75) is 54.0 Å². The van der Waals surface area contributed by atoms with Gasteiger partial charge >= 0.3 is 0 Å². The van der Waals surface area contributed by atoms with Crippen molar-refractivity contribution >= 4 is 11.8 Å². The second-order valence-electron chi connectivity index (χ2n) is 7.90. The van der Waals surface area contributed by atoms with Crippen molar-refractivity contribution in [3.63, 3.8) is 0 Å². The lowest BCUT2D eigenvalue weighted by atomic mass is 9.85. The first-order valence-electron chi connectivity index (χ1n) is 8.37. The van der Waals surface area contributed by atoms with E-state index in [1.165, 1.54) is 0 Å². The molecule has 2 unspecified atom stereocenters. The summed E-state index contributed by atoms with van der Waals surface area (Å²) in [6.45, 7) is 15.3. The van der Waals surface area contributed by atoms with Crippen LogP contribution in [0, 0.1) is 17.3 Å². The summed E-state index contributed by atoms with van der Waals surface area (Å²) in [6, 6.07) is 0.199. The normalized spacial score (nSPS) is 23.4. The molecule has 1 rings (SSSR count). The molecule has 5 nitrogen and oxygen atoms in total. The summed E-state index contributed by atoms with van der Waals surface area (Å²) in [5.41, 5.74) is -0.355. The summed E-state index contributed by atoms with van der Waals surface area (Å²) in [7, 11) is 0. The summed E-state index contributed by atoms with van der Waals surface area (Å²) < 4.78 is 0. The third kappa shape index (κ3) is 6.34. The number of amides is 2. The lowest BCUT2D eigenvalue weighted by Gasteiger charge is -2.40. The highest BCUT2D eigenvalue weighted by Crippen LogP contribution is 2.24. The van der Waals surface area contributed by atoms with Gasteiger partial charge in [0.25, 0.3) is 0 Å². The Hall–Kier alpha value is -1.10. The molecule has 2 amide bonds. The third-order valence-electron chi connectivity index (χ3n) is 4.32. The summed E-state index contributed by atoms with van der Waals surface area (Å²) >= 11 is 0. The minimum absolute atomic E-state index is 0.00926. The molecule has 5 heteroatoms. The van der Waals surface area contributed by atoms with Crippen molar-refractivity contribution in [3.8, 4) is 0 Å². The van der Waals surface area contributed by atoms with Gasteiger partial charge in [0, 0.05) is 44.6 Å². The fourth-order valence-electron chi connectivity index (χ4n) is 2.79. The maximum atomic E-state index is 12.2. The number of piperidine rings is 1. The van der Waals surface area contributed by atoms with Gasteiger partial charge in [0.1, 0.15) is 0 Å². The molecule has 2 atom stereocenters. The largest absolute Gasteiger partial charge is 0.355 e. The highest BCUT2D eigenvalue weighted by atomic mass is 16.2. The first kappa shape index (κ1) is 18.9. The van der Waals surface area contributed by atoms with Crippen LogP contribution in [0.15, 0.2) is 0 Å². The molecule has 1 heterocycles. The average Bonchev–Trinajstić information content (AvgIpc) is 2.36. The first-order valence-corrected chi connectivity index (χ1v) is 8.37. The smallest absolute Gasteiger partial charge is 0.225 e. The monoisotopic (exact) mass is 311 g/mol. The number of carbonyl (C=O) groups is 2. The summed E-state index contributed by atoms with van der Waals surface area (Å²) in [5, 5.41) is 6.05. The van der Waals surface area contributed by atoms with Crippen molar-refractivity contribution in [1.82, 2.24) is 15.5 Å². The molecule has 0 aromatic rings. The number of carbonyl (C=O) groups excluding carboxylic acids is 2. The van der Waals surface area contributed by atoms with E-state index in [4.69, 9.17) is 0 Å². The Morgan fingerprint density at radius 1 is 1.23 bits per heavy atom. The lowest BCUT2D eigenvalue weighted by Crippen LogP contribution is -2.54. The van der Waals surface area contributed by atoms with Crippen LogP contribution in [-0.4, -0.2) is 48.9 Å². The molecule has 0 spiro atoms. The first-order chi connectivity index (χ1) is 10.1. The van der Waals surface area contributed by atoms with Crippen LogP contribution < -0.4 is 10.6 Å². The van der Waals surface area contributed by atoms with Crippen molar-refractivity contribution in [2.75, 3.05) is 26.2 Å². The summed E-state index contributed by atoms with van der Waals surface area (Å²) in [4.78, 5) is 25.6. The van der Waals surface area contributed by atoms with E-state index in [1.807, 2.05) is 20.8 Å². The van der Waals surface area contributed by atoms with Gasteiger partial charge in [-0.2, -0.15) is 0 Å². The Labute approximate surface area is 135 Å². The van der Waals surface area contributed by atoms with Crippen LogP contribution in [0.3, 0.4) is 0 Å². The Bertz CT molecular complexity index is 388. The van der Waals surface area contributed by atoms with E-state index < -0.39 is 0 Å². The molecule has 2 N–H and O–H groups in total. The van der Waals surface area contributed by atoms with Gasteiger partial charge in [-0.3, -0.25) is 14.5 Å². The predicted octanol–water partition coefficient (Wildman–Crippen LogP) is 1.63. The SMILES string of the molecule is CC(=O)NCCN1CC(NC(=O)C(C)(C)C)CC(C(C)C)C1. The number of likely N-dealkylation sites (tertiary alicyclic amines) is 1. The zero-order chi connectivity index (χ0) is 16.9. The van der Waals surface area contributed by atoms with Crippen LogP contribution in [0.1, 0.15) is 48.0 Å². The van der Waals surface area contributed by atoms with Crippen LogP contribution in [0.25, 0.3) is 0 Å². The maximum absolute atomic E-state index is 12.2. The molecule has 0 aliphatic carbocycles. The van der Waals surface area contributed by atoms with E-state index in [0.717, 1.165) is 26.1 Å². The molecule has 1 fully saturated rings. The van der Waals surface area contributed by atoms with Crippen molar-refractivity contribution in [3.05, 3.63) is 0 Å². The van der Waals surface area contributed by atoms with E-state index in [9.17, 15) is 9.59 Å². The molecule has 128 valence electrons. The minimum Gasteiger partial charge on any atom is -0.355 e. The summed E-state index contributed by atoms with van der Waals surface area (Å²) in [6.07, 6.45) is 1.04. The van der Waals surface area contributed by atoms with Crippen LogP contribution >= 0.6 is 0 Å². The third-order valence-corrected chi connectivity index (χ3v) is 4.32. The fraction of sp³-hybridized carbons (Fsp3) is 0.882. The molecule has 1 saturated heterocycles. The van der Waals surface area contributed by atoms with Crippen molar-refractivity contribution < 1.29 is 9.59 Å². The lowest BCUT2D eigenvalue weighted by molar-refractivity contribution is -0.129. The molecule has 0 saturated carbocycles. The van der Waals surface area contributed by atoms with Gasteiger partial charge in [-0.05, 0) is 18.3 Å². The molecular weight excluding hydrogens is 278 g/mol. The number of nitrogens with one attached hydrogen (secondary N) is 2. The Balaban J connectivity index is 2.60. The van der Waals surface area contributed by atoms with Crippen LogP contribution in [0.2, 0.25) is 0 Å². The Kier molecular flexibility index (Phi) is 6.85. The number of nitrogens with zero attached hydrogens (tertiary/aromatic N) is 1. The van der Waals surface area contributed by atoms with Crippen LogP contribution in [0.4, 0.5) is 0 Å². The van der Waals surface area contributed by atoms with Gasteiger partial charge in [0.15, 0.2) is 0 Å².